The summed E-state index contributed by atoms with van der Waals surface area (Å²) in [4.78, 5) is 29.6. The van der Waals surface area contributed by atoms with Gasteiger partial charge in [0, 0.05) is 25.2 Å². The standard InChI is InChI=1S/C16H19N3O3S/c1-22-16(21)19-6-4-11(5-7-19)9-17-15(20)12-2-3-13-14(8-12)23-10-18-13/h2-3,8,10-11H,4-7,9H2,1H3,(H,17,20). The molecule has 1 aliphatic heterocycles. The van der Waals surface area contributed by atoms with Crippen LogP contribution in [0, 0.1) is 5.92 Å². The number of piperidine rings is 1. The van der Waals surface area contributed by atoms with Gasteiger partial charge in [-0.25, -0.2) is 9.78 Å². The van der Waals surface area contributed by atoms with Gasteiger partial charge in [-0.1, -0.05) is 0 Å². The van der Waals surface area contributed by atoms with Crippen LogP contribution in [-0.2, 0) is 4.74 Å². The van der Waals surface area contributed by atoms with Crippen molar-refractivity contribution in [2.45, 2.75) is 12.8 Å². The molecule has 0 saturated carbocycles. The maximum Gasteiger partial charge on any atom is 0.409 e. The lowest BCUT2D eigenvalue weighted by molar-refractivity contribution is 0.0914. The third-order valence-corrected chi connectivity index (χ3v) is 4.98. The summed E-state index contributed by atoms with van der Waals surface area (Å²) < 4.78 is 5.74. The zero-order valence-corrected chi connectivity index (χ0v) is 13.8. The Kier molecular flexibility index (Phi) is 4.76. The van der Waals surface area contributed by atoms with E-state index in [1.165, 1.54) is 18.4 Å². The normalized spacial score (nSPS) is 15.6. The first-order valence-corrected chi connectivity index (χ1v) is 8.49. The molecule has 0 spiro atoms. The fourth-order valence-corrected chi connectivity index (χ4v) is 3.50. The summed E-state index contributed by atoms with van der Waals surface area (Å²) >= 11 is 1.53. The third-order valence-electron chi connectivity index (χ3n) is 4.19. The number of nitrogens with one attached hydrogen (secondary N) is 1. The van der Waals surface area contributed by atoms with Crippen molar-refractivity contribution in [2.24, 2.45) is 5.92 Å². The molecule has 1 aromatic heterocycles. The van der Waals surface area contributed by atoms with E-state index in [9.17, 15) is 9.59 Å². The van der Waals surface area contributed by atoms with Crippen molar-refractivity contribution < 1.29 is 14.3 Å². The summed E-state index contributed by atoms with van der Waals surface area (Å²) in [6.07, 6.45) is 1.48. The summed E-state index contributed by atoms with van der Waals surface area (Å²) in [6.45, 7) is 1.99. The van der Waals surface area contributed by atoms with Gasteiger partial charge in [0.2, 0.25) is 0 Å². The molecule has 0 unspecified atom stereocenters. The van der Waals surface area contributed by atoms with Gasteiger partial charge in [-0.3, -0.25) is 4.79 Å². The van der Waals surface area contributed by atoms with Crippen LogP contribution >= 0.6 is 11.3 Å². The zero-order chi connectivity index (χ0) is 16.2. The van der Waals surface area contributed by atoms with E-state index in [0.717, 1.165) is 23.1 Å². The van der Waals surface area contributed by atoms with Crippen LogP contribution in [0.4, 0.5) is 4.79 Å². The van der Waals surface area contributed by atoms with Crippen LogP contribution in [0.25, 0.3) is 10.2 Å². The number of carbonyl (C=O) groups excluding carboxylic acids is 2. The number of benzene rings is 1. The van der Waals surface area contributed by atoms with Crippen molar-refractivity contribution in [3.63, 3.8) is 0 Å². The highest BCUT2D eigenvalue weighted by atomic mass is 32.1. The number of hydrogen-bond donors (Lipinski definition) is 1. The van der Waals surface area contributed by atoms with Crippen molar-refractivity contribution in [3.05, 3.63) is 29.3 Å². The first-order valence-electron chi connectivity index (χ1n) is 7.61. The van der Waals surface area contributed by atoms with E-state index in [0.29, 0.717) is 31.1 Å². The van der Waals surface area contributed by atoms with Gasteiger partial charge in [0.05, 0.1) is 22.8 Å². The van der Waals surface area contributed by atoms with Crippen LogP contribution in [0.3, 0.4) is 0 Å². The Morgan fingerprint density at radius 1 is 1.39 bits per heavy atom. The van der Waals surface area contributed by atoms with Crippen molar-refractivity contribution in [1.82, 2.24) is 15.2 Å². The molecule has 122 valence electrons. The van der Waals surface area contributed by atoms with Gasteiger partial charge >= 0.3 is 6.09 Å². The van der Waals surface area contributed by atoms with Gasteiger partial charge in [-0.15, -0.1) is 11.3 Å². The van der Waals surface area contributed by atoms with E-state index in [-0.39, 0.29) is 12.0 Å². The molecule has 3 rings (SSSR count). The zero-order valence-electron chi connectivity index (χ0n) is 12.9. The van der Waals surface area contributed by atoms with Crippen molar-refractivity contribution in [1.29, 1.82) is 0 Å². The van der Waals surface area contributed by atoms with E-state index < -0.39 is 0 Å². The highest BCUT2D eigenvalue weighted by molar-refractivity contribution is 7.16. The lowest BCUT2D eigenvalue weighted by atomic mass is 9.97. The Balaban J connectivity index is 1.50. The fraction of sp³-hybridized carbons (Fsp3) is 0.438. The van der Waals surface area contributed by atoms with Crippen molar-refractivity contribution in [2.75, 3.05) is 26.7 Å². The van der Waals surface area contributed by atoms with E-state index in [1.54, 1.807) is 16.5 Å². The number of ether oxygens (including phenoxy) is 1. The molecule has 1 saturated heterocycles. The van der Waals surface area contributed by atoms with Crippen LogP contribution in [0.1, 0.15) is 23.2 Å². The van der Waals surface area contributed by atoms with Crippen molar-refractivity contribution >= 4 is 33.6 Å². The minimum absolute atomic E-state index is 0.0595. The number of nitrogens with zero attached hydrogens (tertiary/aromatic N) is 2. The summed E-state index contributed by atoms with van der Waals surface area (Å²) in [5.41, 5.74) is 3.36. The van der Waals surface area contributed by atoms with Gasteiger partial charge in [-0.2, -0.15) is 0 Å². The number of thiazole rings is 1. The largest absolute Gasteiger partial charge is 0.453 e. The molecule has 6 nitrogen and oxygen atoms in total. The summed E-state index contributed by atoms with van der Waals surface area (Å²) in [6, 6.07) is 5.55. The SMILES string of the molecule is COC(=O)N1CCC(CNC(=O)c2ccc3ncsc3c2)CC1. The second kappa shape index (κ2) is 6.95. The van der Waals surface area contributed by atoms with E-state index in [1.807, 2.05) is 12.1 Å². The average Bonchev–Trinajstić information content (AvgIpc) is 3.07. The number of carbonyl (C=O) groups is 2. The van der Waals surface area contributed by atoms with Crippen LogP contribution in [0.15, 0.2) is 23.7 Å². The summed E-state index contributed by atoms with van der Waals surface area (Å²) in [7, 11) is 1.40. The Bertz CT molecular complexity index is 707. The molecule has 1 fully saturated rings. The lowest BCUT2D eigenvalue weighted by Crippen LogP contribution is -2.41. The predicted octanol–water partition coefficient (Wildman–Crippen LogP) is 2.50. The summed E-state index contributed by atoms with van der Waals surface area (Å²) in [5, 5.41) is 2.99. The Morgan fingerprint density at radius 2 is 2.17 bits per heavy atom. The number of methoxy groups -OCH3 is 1. The lowest BCUT2D eigenvalue weighted by Gasteiger charge is -2.30. The van der Waals surface area contributed by atoms with Crippen LogP contribution < -0.4 is 5.32 Å². The fourth-order valence-electron chi connectivity index (χ4n) is 2.78. The molecular weight excluding hydrogens is 314 g/mol. The second-order valence-electron chi connectivity index (χ2n) is 5.65. The summed E-state index contributed by atoms with van der Waals surface area (Å²) in [5.74, 6) is 0.336. The van der Waals surface area contributed by atoms with Crippen LogP contribution in [-0.4, -0.2) is 48.6 Å². The maximum atomic E-state index is 12.3. The molecule has 2 aromatic rings. The molecule has 0 aliphatic carbocycles. The molecule has 0 atom stereocenters. The van der Waals surface area contributed by atoms with Crippen molar-refractivity contribution in [3.8, 4) is 0 Å². The van der Waals surface area contributed by atoms with Gasteiger partial charge in [0.25, 0.3) is 5.91 Å². The number of amides is 2. The minimum Gasteiger partial charge on any atom is -0.453 e. The maximum absolute atomic E-state index is 12.3. The molecule has 0 bridgehead atoms. The molecule has 1 aromatic carbocycles. The monoisotopic (exact) mass is 333 g/mol. The Hall–Kier alpha value is -2.15. The third kappa shape index (κ3) is 3.61. The second-order valence-corrected chi connectivity index (χ2v) is 6.53. The number of rotatable bonds is 3. The highest BCUT2D eigenvalue weighted by Gasteiger charge is 2.23. The molecule has 1 N–H and O–H groups in total. The van der Waals surface area contributed by atoms with Gasteiger partial charge in [-0.05, 0) is 37.0 Å². The molecule has 7 heteroatoms. The Morgan fingerprint density at radius 3 is 2.91 bits per heavy atom. The number of aromatic nitrogens is 1. The quantitative estimate of drug-likeness (QED) is 0.937. The first kappa shape index (κ1) is 15.7. The predicted molar refractivity (Wildman–Crippen MR) is 88.7 cm³/mol. The van der Waals surface area contributed by atoms with Crippen LogP contribution in [0.5, 0.6) is 0 Å². The molecule has 1 aliphatic rings. The van der Waals surface area contributed by atoms with E-state index >= 15 is 0 Å². The Labute approximate surface area is 138 Å². The van der Waals surface area contributed by atoms with Gasteiger partial charge in [0.15, 0.2) is 0 Å². The molecular formula is C16H19N3O3S. The average molecular weight is 333 g/mol. The first-order chi connectivity index (χ1) is 11.2. The smallest absolute Gasteiger partial charge is 0.409 e. The van der Waals surface area contributed by atoms with Gasteiger partial charge < -0.3 is 15.0 Å². The van der Waals surface area contributed by atoms with E-state index in [2.05, 4.69) is 10.3 Å². The molecule has 2 heterocycles. The molecule has 2 amide bonds. The van der Waals surface area contributed by atoms with E-state index in [4.69, 9.17) is 4.74 Å². The highest BCUT2D eigenvalue weighted by Crippen LogP contribution is 2.20. The topological polar surface area (TPSA) is 71.5 Å². The van der Waals surface area contributed by atoms with Gasteiger partial charge in [0.1, 0.15) is 0 Å². The number of hydrogen-bond acceptors (Lipinski definition) is 5. The minimum atomic E-state index is -0.273. The molecule has 23 heavy (non-hydrogen) atoms. The number of likely N-dealkylation sites (tertiary alicyclic amines) is 1. The molecule has 0 radical (unpaired) electrons. The van der Waals surface area contributed by atoms with Crippen LogP contribution in [0.2, 0.25) is 0 Å². The number of fused-ring (bicyclic) bond motifs is 1.